The van der Waals surface area contributed by atoms with E-state index in [1.807, 2.05) is 6.20 Å². The van der Waals surface area contributed by atoms with Gasteiger partial charge >= 0.3 is 0 Å². The summed E-state index contributed by atoms with van der Waals surface area (Å²) in [6.07, 6.45) is 5.38. The van der Waals surface area contributed by atoms with Gasteiger partial charge in [0.2, 0.25) is 0 Å². The van der Waals surface area contributed by atoms with Crippen molar-refractivity contribution in [1.29, 1.82) is 0 Å². The van der Waals surface area contributed by atoms with Gasteiger partial charge in [0.1, 0.15) is 0 Å². The molecule has 20 heavy (non-hydrogen) atoms. The van der Waals surface area contributed by atoms with Crippen molar-refractivity contribution < 1.29 is 0 Å². The topological polar surface area (TPSA) is 22.0 Å². The average molecular weight is 397 g/mol. The van der Waals surface area contributed by atoms with Crippen LogP contribution in [0.3, 0.4) is 0 Å². The maximum absolute atomic E-state index is 12.2. The van der Waals surface area contributed by atoms with Crippen LogP contribution in [0.25, 0.3) is 0 Å². The zero-order valence-electron chi connectivity index (χ0n) is 11.0. The lowest BCUT2D eigenvalue weighted by molar-refractivity contribution is 0.474. The van der Waals surface area contributed by atoms with E-state index < -0.39 is 0 Å². The van der Waals surface area contributed by atoms with E-state index in [9.17, 15) is 4.79 Å². The van der Waals surface area contributed by atoms with Gasteiger partial charge in [-0.15, -0.1) is 0 Å². The fourth-order valence-corrected chi connectivity index (χ4v) is 4.24. The van der Waals surface area contributed by atoms with Crippen molar-refractivity contribution in [2.24, 2.45) is 0 Å². The number of nitrogens with zero attached hydrogens (tertiary/aromatic N) is 1. The molecule has 0 N–H and O–H groups in total. The highest BCUT2D eigenvalue weighted by atomic mass is 79.9. The number of hydrogen-bond donors (Lipinski definition) is 0. The summed E-state index contributed by atoms with van der Waals surface area (Å²) in [6, 6.07) is 10.4. The monoisotopic (exact) mass is 395 g/mol. The van der Waals surface area contributed by atoms with E-state index in [-0.39, 0.29) is 5.56 Å². The van der Waals surface area contributed by atoms with Gasteiger partial charge in [0.15, 0.2) is 0 Å². The molecule has 0 saturated heterocycles. The molecule has 2 aromatic rings. The van der Waals surface area contributed by atoms with E-state index in [0.29, 0.717) is 10.4 Å². The van der Waals surface area contributed by atoms with E-state index >= 15 is 0 Å². The van der Waals surface area contributed by atoms with Crippen molar-refractivity contribution in [3.05, 3.63) is 67.0 Å². The maximum Gasteiger partial charge on any atom is 0.264 e. The number of rotatable bonds is 2. The standard InChI is InChI=1S/C16H15Br2NO/c17-13-8-15(18)16(20)19(10-13)9-12-6-3-5-11-4-1-2-7-14(11)12/h1-2,4,7-8,10,12H,3,5-6,9H2. The largest absolute Gasteiger partial charge is 0.313 e. The number of halogens is 2. The van der Waals surface area contributed by atoms with E-state index in [0.717, 1.165) is 23.9 Å². The molecule has 1 heterocycles. The van der Waals surface area contributed by atoms with Crippen LogP contribution in [0.15, 0.2) is 50.3 Å². The SMILES string of the molecule is O=c1c(Br)cc(Br)cn1CC1CCCc2ccccc21. The van der Waals surface area contributed by atoms with Crippen LogP contribution < -0.4 is 5.56 Å². The molecule has 0 amide bonds. The van der Waals surface area contributed by atoms with Gasteiger partial charge in [-0.25, -0.2) is 0 Å². The maximum atomic E-state index is 12.2. The summed E-state index contributed by atoms with van der Waals surface area (Å²) in [4.78, 5) is 12.2. The number of aromatic nitrogens is 1. The van der Waals surface area contributed by atoms with Gasteiger partial charge in [0, 0.05) is 23.1 Å². The van der Waals surface area contributed by atoms with Crippen LogP contribution in [0.4, 0.5) is 0 Å². The molecule has 0 aliphatic heterocycles. The van der Waals surface area contributed by atoms with Gasteiger partial charge in [-0.05, 0) is 68.3 Å². The fourth-order valence-electron chi connectivity index (χ4n) is 2.98. The summed E-state index contributed by atoms with van der Waals surface area (Å²) in [6.45, 7) is 0.744. The summed E-state index contributed by atoms with van der Waals surface area (Å²) < 4.78 is 3.34. The Labute approximate surface area is 135 Å². The number of benzene rings is 1. The number of fused-ring (bicyclic) bond motifs is 1. The minimum absolute atomic E-state index is 0.0382. The highest BCUT2D eigenvalue weighted by Crippen LogP contribution is 2.32. The molecule has 1 aromatic carbocycles. The van der Waals surface area contributed by atoms with Crippen LogP contribution in [0.2, 0.25) is 0 Å². The first-order chi connectivity index (χ1) is 9.65. The minimum Gasteiger partial charge on any atom is -0.313 e. The van der Waals surface area contributed by atoms with Gasteiger partial charge in [-0.1, -0.05) is 24.3 Å². The second kappa shape index (κ2) is 5.86. The second-order valence-corrected chi connectivity index (χ2v) is 7.02. The van der Waals surface area contributed by atoms with Crippen LogP contribution in [0, 0.1) is 0 Å². The van der Waals surface area contributed by atoms with Gasteiger partial charge in [0.25, 0.3) is 5.56 Å². The van der Waals surface area contributed by atoms with E-state index in [1.165, 1.54) is 17.5 Å². The van der Waals surface area contributed by atoms with Crippen molar-refractivity contribution in [3.63, 3.8) is 0 Å². The molecule has 0 fully saturated rings. The van der Waals surface area contributed by atoms with E-state index in [1.54, 1.807) is 10.6 Å². The molecule has 2 nitrogen and oxygen atoms in total. The molecule has 1 aliphatic carbocycles. The molecule has 1 aromatic heterocycles. The molecule has 1 atom stereocenters. The van der Waals surface area contributed by atoms with Crippen LogP contribution in [0.1, 0.15) is 29.9 Å². The molecule has 0 radical (unpaired) electrons. The Morgan fingerprint density at radius 1 is 1.25 bits per heavy atom. The van der Waals surface area contributed by atoms with Gasteiger partial charge in [0.05, 0.1) is 4.47 Å². The Bertz CT molecular complexity index is 693. The molecule has 1 unspecified atom stereocenters. The summed E-state index contributed by atoms with van der Waals surface area (Å²) in [5.41, 5.74) is 2.88. The fraction of sp³-hybridized carbons (Fsp3) is 0.312. The molecule has 104 valence electrons. The first-order valence-electron chi connectivity index (χ1n) is 6.78. The second-order valence-electron chi connectivity index (χ2n) is 5.25. The first kappa shape index (κ1) is 14.1. The molecule has 0 bridgehead atoms. The summed E-state index contributed by atoms with van der Waals surface area (Å²) in [7, 11) is 0. The van der Waals surface area contributed by atoms with Gasteiger partial charge < -0.3 is 4.57 Å². The lowest BCUT2D eigenvalue weighted by Crippen LogP contribution is -2.25. The Morgan fingerprint density at radius 3 is 2.90 bits per heavy atom. The zero-order valence-corrected chi connectivity index (χ0v) is 14.2. The highest BCUT2D eigenvalue weighted by molar-refractivity contribution is 9.11. The Hall–Kier alpha value is -0.870. The Morgan fingerprint density at radius 2 is 2.05 bits per heavy atom. The van der Waals surface area contributed by atoms with Crippen molar-refractivity contribution in [2.45, 2.75) is 31.7 Å². The third-order valence-electron chi connectivity index (χ3n) is 3.92. The Kier molecular flexibility index (Phi) is 4.13. The molecule has 1 aliphatic rings. The van der Waals surface area contributed by atoms with Crippen molar-refractivity contribution in [2.75, 3.05) is 0 Å². The highest BCUT2D eigenvalue weighted by Gasteiger charge is 2.20. The third kappa shape index (κ3) is 2.77. The average Bonchev–Trinajstić information content (AvgIpc) is 2.44. The minimum atomic E-state index is 0.0382. The number of pyridine rings is 1. The summed E-state index contributed by atoms with van der Waals surface area (Å²) >= 11 is 6.78. The van der Waals surface area contributed by atoms with Crippen molar-refractivity contribution in [1.82, 2.24) is 4.57 Å². The molecule has 0 saturated carbocycles. The van der Waals surface area contributed by atoms with Crippen LogP contribution in [-0.4, -0.2) is 4.57 Å². The van der Waals surface area contributed by atoms with E-state index in [4.69, 9.17) is 0 Å². The predicted molar refractivity (Wildman–Crippen MR) is 88.2 cm³/mol. The normalized spacial score (nSPS) is 17.8. The smallest absolute Gasteiger partial charge is 0.264 e. The quantitative estimate of drug-likeness (QED) is 0.732. The number of aryl methyl sites for hydroxylation is 1. The van der Waals surface area contributed by atoms with Gasteiger partial charge in [-0.2, -0.15) is 0 Å². The van der Waals surface area contributed by atoms with Crippen molar-refractivity contribution in [3.8, 4) is 0 Å². The third-order valence-corrected chi connectivity index (χ3v) is 4.92. The summed E-state index contributed by atoms with van der Waals surface area (Å²) in [5, 5.41) is 0. The van der Waals surface area contributed by atoms with Crippen LogP contribution in [0.5, 0.6) is 0 Å². The predicted octanol–water partition coefficient (Wildman–Crippen LogP) is 4.49. The molecule has 4 heteroatoms. The van der Waals surface area contributed by atoms with E-state index in [2.05, 4.69) is 56.1 Å². The first-order valence-corrected chi connectivity index (χ1v) is 8.37. The summed E-state index contributed by atoms with van der Waals surface area (Å²) in [5.74, 6) is 0.429. The molecular formula is C16H15Br2NO. The molecular weight excluding hydrogens is 382 g/mol. The lowest BCUT2D eigenvalue weighted by atomic mass is 9.83. The number of hydrogen-bond acceptors (Lipinski definition) is 1. The molecule has 0 spiro atoms. The lowest BCUT2D eigenvalue weighted by Gasteiger charge is -2.26. The van der Waals surface area contributed by atoms with Crippen LogP contribution >= 0.6 is 31.9 Å². The zero-order chi connectivity index (χ0) is 14.1. The molecule has 3 rings (SSSR count). The Balaban J connectivity index is 1.95. The van der Waals surface area contributed by atoms with Crippen molar-refractivity contribution >= 4 is 31.9 Å². The van der Waals surface area contributed by atoms with Crippen LogP contribution in [-0.2, 0) is 13.0 Å². The van der Waals surface area contributed by atoms with Gasteiger partial charge in [-0.3, -0.25) is 4.79 Å².